The Kier molecular flexibility index (Phi) is 2.57. The number of hydrogen-bond donors (Lipinski definition) is 3. The molecular weight excluding hydrogens is 199 g/mol. The van der Waals surface area contributed by atoms with Crippen molar-refractivity contribution >= 4 is 0 Å². The zero-order chi connectivity index (χ0) is 10.9. The molecular formula is C8H8F3NO2. The number of halogens is 3. The Bertz CT molecular complexity index is 338. The maximum Gasteiger partial charge on any atom is 0.407 e. The summed E-state index contributed by atoms with van der Waals surface area (Å²) < 4.78 is 36.4. The van der Waals surface area contributed by atoms with E-state index in [-0.39, 0.29) is 5.75 Å². The molecule has 1 aromatic carbocycles. The number of aromatic hydroxyl groups is 2. The molecule has 78 valence electrons. The zero-order valence-corrected chi connectivity index (χ0v) is 6.92. The Morgan fingerprint density at radius 2 is 1.79 bits per heavy atom. The van der Waals surface area contributed by atoms with Crippen LogP contribution in [0.3, 0.4) is 0 Å². The van der Waals surface area contributed by atoms with Crippen LogP contribution in [0.25, 0.3) is 0 Å². The molecule has 4 N–H and O–H groups in total. The first-order chi connectivity index (χ1) is 6.32. The highest BCUT2D eigenvalue weighted by Gasteiger charge is 2.39. The number of benzene rings is 1. The van der Waals surface area contributed by atoms with Crippen LogP contribution in [0.1, 0.15) is 11.6 Å². The number of rotatable bonds is 1. The Morgan fingerprint density at radius 1 is 1.21 bits per heavy atom. The van der Waals surface area contributed by atoms with E-state index in [0.29, 0.717) is 0 Å². The van der Waals surface area contributed by atoms with E-state index in [2.05, 4.69) is 0 Å². The van der Waals surface area contributed by atoms with Gasteiger partial charge in [0.2, 0.25) is 0 Å². The van der Waals surface area contributed by atoms with E-state index >= 15 is 0 Å². The lowest BCUT2D eigenvalue weighted by Crippen LogP contribution is -2.28. The molecule has 14 heavy (non-hydrogen) atoms. The fraction of sp³-hybridized carbons (Fsp3) is 0.250. The summed E-state index contributed by atoms with van der Waals surface area (Å²) in [6.45, 7) is 0. The van der Waals surface area contributed by atoms with Gasteiger partial charge in [-0.15, -0.1) is 0 Å². The van der Waals surface area contributed by atoms with E-state index in [1.165, 1.54) is 0 Å². The fourth-order valence-electron chi connectivity index (χ4n) is 0.971. The van der Waals surface area contributed by atoms with Crippen molar-refractivity contribution < 1.29 is 23.4 Å². The topological polar surface area (TPSA) is 66.5 Å². The smallest absolute Gasteiger partial charge is 0.407 e. The third-order valence-electron chi connectivity index (χ3n) is 1.70. The molecule has 0 bridgehead atoms. The van der Waals surface area contributed by atoms with Gasteiger partial charge >= 0.3 is 6.18 Å². The van der Waals surface area contributed by atoms with Crippen LogP contribution in [0.15, 0.2) is 18.2 Å². The first kappa shape index (κ1) is 10.6. The lowest BCUT2D eigenvalue weighted by atomic mass is 10.1. The van der Waals surface area contributed by atoms with Crippen LogP contribution in [0, 0.1) is 0 Å². The van der Waals surface area contributed by atoms with Crippen LogP contribution >= 0.6 is 0 Å². The number of nitrogens with two attached hydrogens (primary N) is 1. The van der Waals surface area contributed by atoms with E-state index in [4.69, 9.17) is 15.9 Å². The SMILES string of the molecule is N[C@H](c1ccc(O)cc1O)C(F)(F)F. The molecule has 1 rings (SSSR count). The quantitative estimate of drug-likeness (QED) is 0.656. The minimum Gasteiger partial charge on any atom is -0.508 e. The third kappa shape index (κ3) is 2.08. The summed E-state index contributed by atoms with van der Waals surface area (Å²) in [5.74, 6) is -0.990. The van der Waals surface area contributed by atoms with E-state index in [1.54, 1.807) is 0 Å². The summed E-state index contributed by atoms with van der Waals surface area (Å²) in [4.78, 5) is 0. The molecule has 0 spiro atoms. The van der Waals surface area contributed by atoms with Gasteiger partial charge in [0, 0.05) is 11.6 Å². The molecule has 1 atom stereocenters. The summed E-state index contributed by atoms with van der Waals surface area (Å²) in [6.07, 6.45) is -4.62. The fourth-order valence-corrected chi connectivity index (χ4v) is 0.971. The van der Waals surface area contributed by atoms with Gasteiger partial charge in [0.1, 0.15) is 17.5 Å². The van der Waals surface area contributed by atoms with E-state index in [1.807, 2.05) is 0 Å². The van der Waals surface area contributed by atoms with Crippen LogP contribution in [0.4, 0.5) is 13.2 Å². The second-order valence-corrected chi connectivity index (χ2v) is 2.76. The number of alkyl halides is 3. The Balaban J connectivity index is 3.08. The Morgan fingerprint density at radius 3 is 2.21 bits per heavy atom. The molecule has 0 aliphatic heterocycles. The Hall–Kier alpha value is -1.43. The van der Waals surface area contributed by atoms with E-state index in [0.717, 1.165) is 18.2 Å². The first-order valence-electron chi connectivity index (χ1n) is 3.66. The predicted molar refractivity (Wildman–Crippen MR) is 42.8 cm³/mol. The highest BCUT2D eigenvalue weighted by molar-refractivity contribution is 5.41. The van der Waals surface area contributed by atoms with Gasteiger partial charge in [-0.1, -0.05) is 0 Å². The summed E-state index contributed by atoms with van der Waals surface area (Å²) in [6, 6.07) is 0.521. The molecule has 6 heteroatoms. The monoisotopic (exact) mass is 207 g/mol. The molecule has 3 nitrogen and oxygen atoms in total. The highest BCUT2D eigenvalue weighted by atomic mass is 19.4. The average molecular weight is 207 g/mol. The van der Waals surface area contributed by atoms with E-state index in [9.17, 15) is 13.2 Å². The predicted octanol–water partition coefficient (Wildman–Crippen LogP) is 1.66. The van der Waals surface area contributed by atoms with Gasteiger partial charge in [-0.05, 0) is 12.1 Å². The van der Waals surface area contributed by atoms with Crippen molar-refractivity contribution in [1.29, 1.82) is 0 Å². The normalized spacial score (nSPS) is 14.0. The molecule has 0 heterocycles. The van der Waals surface area contributed by atoms with Crippen LogP contribution in [-0.2, 0) is 0 Å². The lowest BCUT2D eigenvalue weighted by molar-refractivity contribution is -0.149. The van der Waals surface area contributed by atoms with Crippen LogP contribution in [0.2, 0.25) is 0 Å². The minimum absolute atomic E-state index is 0.319. The summed E-state index contributed by atoms with van der Waals surface area (Å²) >= 11 is 0. The largest absolute Gasteiger partial charge is 0.508 e. The van der Waals surface area contributed by atoms with Crippen LogP contribution < -0.4 is 5.73 Å². The lowest BCUT2D eigenvalue weighted by Gasteiger charge is -2.16. The number of hydrogen-bond acceptors (Lipinski definition) is 3. The maximum atomic E-state index is 12.1. The average Bonchev–Trinajstić information content (AvgIpc) is 2.01. The van der Waals surface area contributed by atoms with Crippen molar-refractivity contribution in [3.63, 3.8) is 0 Å². The minimum atomic E-state index is -4.62. The molecule has 0 aromatic heterocycles. The van der Waals surface area contributed by atoms with Crippen molar-refractivity contribution in [2.45, 2.75) is 12.2 Å². The van der Waals surface area contributed by atoms with Gasteiger partial charge in [0.05, 0.1) is 0 Å². The van der Waals surface area contributed by atoms with Crippen molar-refractivity contribution in [2.75, 3.05) is 0 Å². The van der Waals surface area contributed by atoms with Gasteiger partial charge in [0.25, 0.3) is 0 Å². The standard InChI is InChI=1S/C8H8F3NO2/c9-8(10,11)7(12)5-2-1-4(13)3-6(5)14/h1-3,7,13-14H,12H2/t7-/m1/s1. The van der Waals surface area contributed by atoms with Gasteiger partial charge in [0.15, 0.2) is 0 Å². The molecule has 0 radical (unpaired) electrons. The number of phenolic OH excluding ortho intramolecular Hbond substituents is 2. The first-order valence-corrected chi connectivity index (χ1v) is 3.66. The van der Waals surface area contributed by atoms with Gasteiger partial charge in [-0.25, -0.2) is 0 Å². The molecule has 0 fully saturated rings. The molecule has 1 aromatic rings. The van der Waals surface area contributed by atoms with Crippen molar-refractivity contribution in [3.05, 3.63) is 23.8 Å². The van der Waals surface area contributed by atoms with Crippen LogP contribution in [0.5, 0.6) is 11.5 Å². The molecule has 0 aliphatic rings. The van der Waals surface area contributed by atoms with Gasteiger partial charge in [-0.3, -0.25) is 0 Å². The molecule has 0 saturated carbocycles. The number of phenols is 2. The summed E-state index contributed by atoms with van der Waals surface area (Å²) in [5, 5.41) is 17.9. The van der Waals surface area contributed by atoms with Crippen molar-refractivity contribution in [3.8, 4) is 11.5 Å². The van der Waals surface area contributed by atoms with Crippen molar-refractivity contribution in [2.24, 2.45) is 5.73 Å². The Labute approximate surface area is 77.6 Å². The second kappa shape index (κ2) is 3.38. The zero-order valence-electron chi connectivity index (χ0n) is 6.92. The van der Waals surface area contributed by atoms with Gasteiger partial charge in [-0.2, -0.15) is 13.2 Å². The third-order valence-corrected chi connectivity index (χ3v) is 1.70. The van der Waals surface area contributed by atoms with Gasteiger partial charge < -0.3 is 15.9 Å². The summed E-state index contributed by atoms with van der Waals surface area (Å²) in [7, 11) is 0. The molecule has 0 aliphatic carbocycles. The molecule has 0 saturated heterocycles. The second-order valence-electron chi connectivity index (χ2n) is 2.76. The van der Waals surface area contributed by atoms with Crippen LogP contribution in [-0.4, -0.2) is 16.4 Å². The highest BCUT2D eigenvalue weighted by Crippen LogP contribution is 2.36. The maximum absolute atomic E-state index is 12.1. The summed E-state index contributed by atoms with van der Waals surface area (Å²) in [5.41, 5.74) is 4.39. The van der Waals surface area contributed by atoms with Crippen molar-refractivity contribution in [1.82, 2.24) is 0 Å². The molecule has 0 unspecified atom stereocenters. The van der Waals surface area contributed by atoms with E-state index < -0.39 is 23.5 Å². The molecule has 0 amide bonds.